The van der Waals surface area contributed by atoms with Crippen molar-refractivity contribution in [2.24, 2.45) is 0 Å². The number of sulfonamides is 1. The summed E-state index contributed by atoms with van der Waals surface area (Å²) in [6.07, 6.45) is 4.44. The fourth-order valence-electron chi connectivity index (χ4n) is 2.49. The molecule has 0 spiro atoms. The standard InChI is InChI=1S/C12H19N3O3S/c13-12-11(6-1-7-14-12)19(17,18)15-8-2-4-10(15)5-3-9-16/h1,6-7,10,16H,2-5,8-9H2,(H2,13,14). The Kier molecular flexibility index (Phi) is 4.38. The van der Waals surface area contributed by atoms with Gasteiger partial charge in [0.15, 0.2) is 0 Å². The van der Waals surface area contributed by atoms with E-state index < -0.39 is 10.0 Å². The van der Waals surface area contributed by atoms with Gasteiger partial charge in [0.2, 0.25) is 10.0 Å². The van der Waals surface area contributed by atoms with Crippen LogP contribution in [0.25, 0.3) is 0 Å². The van der Waals surface area contributed by atoms with Gasteiger partial charge in [-0.3, -0.25) is 0 Å². The number of rotatable bonds is 5. The van der Waals surface area contributed by atoms with E-state index in [4.69, 9.17) is 10.8 Å². The van der Waals surface area contributed by atoms with Gasteiger partial charge in [0.25, 0.3) is 0 Å². The van der Waals surface area contributed by atoms with Crippen LogP contribution in [0.3, 0.4) is 0 Å². The van der Waals surface area contributed by atoms with E-state index in [1.54, 1.807) is 6.07 Å². The first-order chi connectivity index (χ1) is 9.07. The Labute approximate surface area is 113 Å². The number of nitrogens with two attached hydrogens (primary N) is 1. The number of hydrogen-bond donors (Lipinski definition) is 2. The van der Waals surface area contributed by atoms with E-state index in [0.717, 1.165) is 12.8 Å². The van der Waals surface area contributed by atoms with Crippen LogP contribution in [0.1, 0.15) is 25.7 Å². The molecule has 0 bridgehead atoms. The molecule has 1 aliphatic heterocycles. The monoisotopic (exact) mass is 285 g/mol. The Balaban J connectivity index is 2.26. The highest BCUT2D eigenvalue weighted by Crippen LogP contribution is 2.29. The Morgan fingerprint density at radius 1 is 1.53 bits per heavy atom. The van der Waals surface area contributed by atoms with E-state index >= 15 is 0 Å². The summed E-state index contributed by atoms with van der Waals surface area (Å²) in [6, 6.07) is 3.01. The van der Waals surface area contributed by atoms with E-state index in [1.807, 2.05) is 0 Å². The largest absolute Gasteiger partial charge is 0.396 e. The molecule has 3 N–H and O–H groups in total. The van der Waals surface area contributed by atoms with Crippen LogP contribution in [0.4, 0.5) is 5.82 Å². The second-order valence-corrected chi connectivity index (χ2v) is 6.52. The minimum Gasteiger partial charge on any atom is -0.396 e. The minimum atomic E-state index is -3.58. The predicted octanol–water partition coefficient (Wildman–Crippen LogP) is 0.589. The summed E-state index contributed by atoms with van der Waals surface area (Å²) in [7, 11) is -3.58. The van der Waals surface area contributed by atoms with Crippen molar-refractivity contribution in [2.45, 2.75) is 36.6 Å². The Hall–Kier alpha value is -1.18. The van der Waals surface area contributed by atoms with Crippen LogP contribution in [-0.2, 0) is 10.0 Å². The molecule has 1 fully saturated rings. The molecule has 1 atom stereocenters. The van der Waals surface area contributed by atoms with Crippen LogP contribution < -0.4 is 5.73 Å². The van der Waals surface area contributed by atoms with Gasteiger partial charge in [0.05, 0.1) is 0 Å². The lowest BCUT2D eigenvalue weighted by atomic mass is 10.1. The highest BCUT2D eigenvalue weighted by molar-refractivity contribution is 7.89. The highest BCUT2D eigenvalue weighted by Gasteiger charge is 2.35. The van der Waals surface area contributed by atoms with E-state index in [1.165, 1.54) is 16.6 Å². The van der Waals surface area contributed by atoms with Crippen LogP contribution >= 0.6 is 0 Å². The summed E-state index contributed by atoms with van der Waals surface area (Å²) in [5.74, 6) is 0.0373. The molecule has 1 aromatic heterocycles. The van der Waals surface area contributed by atoms with E-state index in [-0.39, 0.29) is 23.4 Å². The summed E-state index contributed by atoms with van der Waals surface area (Å²) in [5.41, 5.74) is 5.66. The van der Waals surface area contributed by atoms with Crippen molar-refractivity contribution >= 4 is 15.8 Å². The van der Waals surface area contributed by atoms with Crippen LogP contribution in [0.2, 0.25) is 0 Å². The summed E-state index contributed by atoms with van der Waals surface area (Å²) < 4.78 is 26.6. The topological polar surface area (TPSA) is 96.5 Å². The number of aliphatic hydroxyl groups excluding tert-OH is 1. The van der Waals surface area contributed by atoms with Crippen molar-refractivity contribution in [2.75, 3.05) is 18.9 Å². The summed E-state index contributed by atoms with van der Waals surface area (Å²) in [5, 5.41) is 8.88. The van der Waals surface area contributed by atoms with Gasteiger partial charge in [-0.25, -0.2) is 13.4 Å². The lowest BCUT2D eigenvalue weighted by molar-refractivity contribution is 0.264. The van der Waals surface area contributed by atoms with Crippen molar-refractivity contribution in [1.29, 1.82) is 0 Å². The van der Waals surface area contributed by atoms with Crippen molar-refractivity contribution in [3.63, 3.8) is 0 Å². The lowest BCUT2D eigenvalue weighted by Gasteiger charge is -2.24. The zero-order chi connectivity index (χ0) is 13.9. The molecule has 1 saturated heterocycles. The van der Waals surface area contributed by atoms with Gasteiger partial charge in [0, 0.05) is 25.4 Å². The molecule has 0 aromatic carbocycles. The predicted molar refractivity (Wildman–Crippen MR) is 71.9 cm³/mol. The normalized spacial score (nSPS) is 20.8. The minimum absolute atomic E-state index is 0.0373. The number of hydrogen-bond acceptors (Lipinski definition) is 5. The molecule has 0 radical (unpaired) electrons. The summed E-state index contributed by atoms with van der Waals surface area (Å²) >= 11 is 0. The second kappa shape index (κ2) is 5.85. The molecule has 106 valence electrons. The molecule has 19 heavy (non-hydrogen) atoms. The molecule has 2 heterocycles. The van der Waals surface area contributed by atoms with Crippen LogP contribution in [-0.4, -0.2) is 42.0 Å². The third-order valence-electron chi connectivity index (χ3n) is 3.40. The van der Waals surface area contributed by atoms with E-state index in [9.17, 15) is 8.42 Å². The highest BCUT2D eigenvalue weighted by atomic mass is 32.2. The van der Waals surface area contributed by atoms with Gasteiger partial charge in [-0.15, -0.1) is 0 Å². The molecule has 1 aliphatic rings. The van der Waals surface area contributed by atoms with Crippen molar-refractivity contribution in [1.82, 2.24) is 9.29 Å². The molecular formula is C12H19N3O3S. The number of anilines is 1. The SMILES string of the molecule is Nc1ncccc1S(=O)(=O)N1CCCC1CCCO. The first kappa shape index (κ1) is 14.2. The average Bonchev–Trinajstić information content (AvgIpc) is 2.85. The second-order valence-electron chi connectivity index (χ2n) is 4.66. The maximum Gasteiger partial charge on any atom is 0.246 e. The number of nitrogens with zero attached hydrogens (tertiary/aromatic N) is 2. The van der Waals surface area contributed by atoms with Gasteiger partial charge in [-0.2, -0.15) is 4.31 Å². The molecule has 1 aromatic rings. The van der Waals surface area contributed by atoms with E-state index in [0.29, 0.717) is 19.4 Å². The zero-order valence-electron chi connectivity index (χ0n) is 10.7. The molecule has 0 amide bonds. The number of aromatic nitrogens is 1. The first-order valence-corrected chi connectivity index (χ1v) is 7.84. The van der Waals surface area contributed by atoms with Gasteiger partial charge in [-0.05, 0) is 37.8 Å². The number of nitrogen functional groups attached to an aromatic ring is 1. The summed E-state index contributed by atoms with van der Waals surface area (Å²) in [4.78, 5) is 3.91. The fraction of sp³-hybridized carbons (Fsp3) is 0.583. The third-order valence-corrected chi connectivity index (χ3v) is 5.40. The maximum absolute atomic E-state index is 12.6. The Morgan fingerprint density at radius 3 is 3.00 bits per heavy atom. The van der Waals surface area contributed by atoms with Crippen LogP contribution in [0.5, 0.6) is 0 Å². The molecule has 6 nitrogen and oxygen atoms in total. The summed E-state index contributed by atoms with van der Waals surface area (Å²) in [6.45, 7) is 0.589. The maximum atomic E-state index is 12.6. The van der Waals surface area contributed by atoms with Gasteiger partial charge in [0.1, 0.15) is 10.7 Å². The van der Waals surface area contributed by atoms with Gasteiger partial charge < -0.3 is 10.8 Å². The molecular weight excluding hydrogens is 266 g/mol. The number of aliphatic hydroxyl groups is 1. The average molecular weight is 285 g/mol. The van der Waals surface area contributed by atoms with Crippen molar-refractivity contribution < 1.29 is 13.5 Å². The van der Waals surface area contributed by atoms with Gasteiger partial charge in [-0.1, -0.05) is 0 Å². The molecule has 7 heteroatoms. The first-order valence-electron chi connectivity index (χ1n) is 6.40. The molecule has 0 saturated carbocycles. The van der Waals surface area contributed by atoms with Crippen LogP contribution in [0, 0.1) is 0 Å². The zero-order valence-corrected chi connectivity index (χ0v) is 11.5. The Morgan fingerprint density at radius 2 is 2.32 bits per heavy atom. The van der Waals surface area contributed by atoms with Crippen molar-refractivity contribution in [3.8, 4) is 0 Å². The van der Waals surface area contributed by atoms with E-state index in [2.05, 4.69) is 4.98 Å². The van der Waals surface area contributed by atoms with Gasteiger partial charge >= 0.3 is 0 Å². The lowest BCUT2D eigenvalue weighted by Crippen LogP contribution is -2.36. The quantitative estimate of drug-likeness (QED) is 0.825. The molecule has 1 unspecified atom stereocenters. The number of pyridine rings is 1. The molecule has 2 rings (SSSR count). The smallest absolute Gasteiger partial charge is 0.246 e. The fourth-order valence-corrected chi connectivity index (χ4v) is 4.28. The van der Waals surface area contributed by atoms with Crippen molar-refractivity contribution in [3.05, 3.63) is 18.3 Å². The van der Waals surface area contributed by atoms with Crippen LogP contribution in [0.15, 0.2) is 23.2 Å². The third kappa shape index (κ3) is 2.88. The molecule has 0 aliphatic carbocycles. The Bertz CT molecular complexity index is 533.